The van der Waals surface area contributed by atoms with Gasteiger partial charge in [-0.3, -0.25) is 0 Å². The predicted molar refractivity (Wildman–Crippen MR) is 60.1 cm³/mol. The van der Waals surface area contributed by atoms with E-state index in [2.05, 4.69) is 0 Å². The summed E-state index contributed by atoms with van der Waals surface area (Å²) in [6.45, 7) is 6.62. The maximum absolute atomic E-state index is 11.8. The molecule has 0 aromatic carbocycles. The van der Waals surface area contributed by atoms with Gasteiger partial charge in [0.05, 0.1) is 12.1 Å². The lowest BCUT2D eigenvalue weighted by Crippen LogP contribution is -2.40. The molecular weight excluding hydrogens is 206 g/mol. The van der Waals surface area contributed by atoms with Crippen molar-refractivity contribution in [1.82, 2.24) is 4.90 Å². The summed E-state index contributed by atoms with van der Waals surface area (Å²) >= 11 is 0. The zero-order valence-electron chi connectivity index (χ0n) is 10.3. The Kier molecular flexibility index (Phi) is 2.65. The minimum absolute atomic E-state index is 0.302. The van der Waals surface area contributed by atoms with Crippen LogP contribution in [0.25, 0.3) is 0 Å². The van der Waals surface area contributed by atoms with Gasteiger partial charge in [0.2, 0.25) is 0 Å². The molecule has 1 amide bonds. The summed E-state index contributed by atoms with van der Waals surface area (Å²) < 4.78 is 5.29. The van der Waals surface area contributed by atoms with Gasteiger partial charge in [-0.2, -0.15) is 0 Å². The van der Waals surface area contributed by atoms with Crippen LogP contribution < -0.4 is 0 Å². The van der Waals surface area contributed by atoms with Crippen molar-refractivity contribution in [1.29, 1.82) is 0 Å². The van der Waals surface area contributed by atoms with Gasteiger partial charge in [0.15, 0.2) is 0 Å². The van der Waals surface area contributed by atoms with Crippen LogP contribution in [0.4, 0.5) is 4.79 Å². The number of hydrogen-bond donors (Lipinski definition) is 1. The van der Waals surface area contributed by atoms with E-state index >= 15 is 0 Å². The molecule has 0 aromatic heterocycles. The third-order valence-electron chi connectivity index (χ3n) is 3.27. The molecule has 1 aliphatic heterocycles. The molecule has 1 atom stereocenters. The van der Waals surface area contributed by atoms with E-state index in [1.165, 1.54) is 0 Å². The molecule has 1 heterocycles. The van der Waals surface area contributed by atoms with Crippen LogP contribution in [-0.4, -0.2) is 40.4 Å². The first-order chi connectivity index (χ1) is 7.30. The second kappa shape index (κ2) is 3.62. The van der Waals surface area contributed by atoms with E-state index in [1.807, 2.05) is 20.8 Å². The Morgan fingerprint density at radius 2 is 2.06 bits per heavy atom. The number of hydrogen-bond acceptors (Lipinski definition) is 3. The van der Waals surface area contributed by atoms with Crippen LogP contribution in [0.2, 0.25) is 0 Å². The van der Waals surface area contributed by atoms with Crippen molar-refractivity contribution in [3.8, 4) is 0 Å². The van der Waals surface area contributed by atoms with Gasteiger partial charge in [-0.15, -0.1) is 0 Å². The average molecular weight is 227 g/mol. The standard InChI is InChI=1S/C12H21NO3/c1-11(2,3)16-10(14)13-7-6-12(15,8-13)9-4-5-9/h9,15H,4-8H2,1-3H3. The largest absolute Gasteiger partial charge is 0.444 e. The molecule has 0 radical (unpaired) electrons. The fourth-order valence-corrected chi connectivity index (χ4v) is 2.25. The number of ether oxygens (including phenoxy) is 1. The highest BCUT2D eigenvalue weighted by Crippen LogP contribution is 2.44. The molecule has 1 unspecified atom stereocenters. The van der Waals surface area contributed by atoms with Gasteiger partial charge in [-0.1, -0.05) is 0 Å². The fraction of sp³-hybridized carbons (Fsp3) is 0.917. The lowest BCUT2D eigenvalue weighted by Gasteiger charge is -2.26. The van der Waals surface area contributed by atoms with E-state index in [9.17, 15) is 9.90 Å². The average Bonchev–Trinajstić information content (AvgIpc) is 2.88. The number of likely N-dealkylation sites (tertiary alicyclic amines) is 1. The molecule has 92 valence electrons. The van der Waals surface area contributed by atoms with Crippen LogP contribution in [0.1, 0.15) is 40.0 Å². The van der Waals surface area contributed by atoms with Crippen LogP contribution in [0.3, 0.4) is 0 Å². The van der Waals surface area contributed by atoms with Crippen molar-refractivity contribution < 1.29 is 14.6 Å². The first-order valence-electron chi connectivity index (χ1n) is 6.00. The van der Waals surface area contributed by atoms with Gasteiger partial charge in [-0.05, 0) is 46.0 Å². The molecule has 2 fully saturated rings. The van der Waals surface area contributed by atoms with Crippen molar-refractivity contribution in [3.63, 3.8) is 0 Å². The van der Waals surface area contributed by atoms with E-state index in [-0.39, 0.29) is 6.09 Å². The molecule has 0 aromatic rings. The van der Waals surface area contributed by atoms with Crippen molar-refractivity contribution in [2.24, 2.45) is 5.92 Å². The summed E-state index contributed by atoms with van der Waals surface area (Å²) in [7, 11) is 0. The van der Waals surface area contributed by atoms with Gasteiger partial charge < -0.3 is 14.7 Å². The first-order valence-corrected chi connectivity index (χ1v) is 6.00. The molecule has 0 spiro atoms. The van der Waals surface area contributed by atoms with E-state index < -0.39 is 11.2 Å². The molecule has 1 aliphatic carbocycles. The Morgan fingerprint density at radius 3 is 2.56 bits per heavy atom. The van der Waals surface area contributed by atoms with E-state index in [0.717, 1.165) is 12.8 Å². The lowest BCUT2D eigenvalue weighted by molar-refractivity contribution is 0.00710. The summed E-state index contributed by atoms with van der Waals surface area (Å²) in [5.41, 5.74) is -1.10. The van der Waals surface area contributed by atoms with Crippen molar-refractivity contribution in [2.45, 2.75) is 51.2 Å². The predicted octanol–water partition coefficient (Wildman–Crippen LogP) is 1.77. The normalized spacial score (nSPS) is 30.6. The second-order valence-electron chi connectivity index (χ2n) is 6.03. The van der Waals surface area contributed by atoms with Gasteiger partial charge in [0, 0.05) is 6.54 Å². The van der Waals surface area contributed by atoms with Gasteiger partial charge in [0.25, 0.3) is 0 Å². The number of carbonyl (C=O) groups is 1. The Hall–Kier alpha value is -0.770. The third kappa shape index (κ3) is 2.48. The SMILES string of the molecule is CC(C)(C)OC(=O)N1CCC(O)(C2CC2)C1. The van der Waals surface area contributed by atoms with Gasteiger partial charge in [0.1, 0.15) is 5.60 Å². The third-order valence-corrected chi connectivity index (χ3v) is 3.27. The summed E-state index contributed by atoms with van der Waals surface area (Å²) in [5, 5.41) is 10.3. The highest BCUT2D eigenvalue weighted by molar-refractivity contribution is 5.68. The summed E-state index contributed by atoms with van der Waals surface area (Å²) in [6, 6.07) is 0. The van der Waals surface area contributed by atoms with Crippen LogP contribution in [0, 0.1) is 5.92 Å². The van der Waals surface area contributed by atoms with Gasteiger partial charge >= 0.3 is 6.09 Å². The van der Waals surface area contributed by atoms with Crippen molar-refractivity contribution >= 4 is 6.09 Å². The Morgan fingerprint density at radius 1 is 1.44 bits per heavy atom. The smallest absolute Gasteiger partial charge is 0.410 e. The van der Waals surface area contributed by atoms with Crippen molar-refractivity contribution in [2.75, 3.05) is 13.1 Å². The Balaban J connectivity index is 1.90. The number of carbonyl (C=O) groups excluding carboxylic acids is 1. The Labute approximate surface area is 96.6 Å². The second-order valence-corrected chi connectivity index (χ2v) is 6.03. The summed E-state index contributed by atoms with van der Waals surface area (Å²) in [5.74, 6) is 0.403. The van der Waals surface area contributed by atoms with E-state index in [4.69, 9.17) is 4.74 Å². The molecule has 2 aliphatic rings. The maximum atomic E-state index is 11.8. The zero-order valence-corrected chi connectivity index (χ0v) is 10.3. The molecule has 4 heteroatoms. The van der Waals surface area contributed by atoms with Crippen LogP contribution in [0.5, 0.6) is 0 Å². The molecule has 1 saturated carbocycles. The number of nitrogens with zero attached hydrogens (tertiary/aromatic N) is 1. The molecule has 0 bridgehead atoms. The van der Waals surface area contributed by atoms with E-state index in [1.54, 1.807) is 4.90 Å². The van der Waals surface area contributed by atoms with E-state index in [0.29, 0.717) is 25.4 Å². The fourth-order valence-electron chi connectivity index (χ4n) is 2.25. The molecule has 16 heavy (non-hydrogen) atoms. The molecular formula is C12H21NO3. The number of amides is 1. The van der Waals surface area contributed by atoms with Crippen LogP contribution >= 0.6 is 0 Å². The zero-order chi connectivity index (χ0) is 12.0. The molecule has 1 saturated heterocycles. The molecule has 4 nitrogen and oxygen atoms in total. The molecule has 1 N–H and O–H groups in total. The van der Waals surface area contributed by atoms with Crippen LogP contribution in [0.15, 0.2) is 0 Å². The number of β-amino-alcohol motifs (C(OH)–C–C–N with tert-alkyl or cyclic N) is 1. The highest BCUT2D eigenvalue weighted by Gasteiger charge is 2.49. The quantitative estimate of drug-likeness (QED) is 0.742. The first kappa shape index (κ1) is 11.7. The summed E-state index contributed by atoms with van der Waals surface area (Å²) in [6.07, 6.45) is 2.58. The van der Waals surface area contributed by atoms with Gasteiger partial charge in [-0.25, -0.2) is 4.79 Å². The molecule has 2 rings (SSSR count). The summed E-state index contributed by atoms with van der Waals surface area (Å²) in [4.78, 5) is 13.4. The number of aliphatic hydroxyl groups is 1. The lowest BCUT2D eigenvalue weighted by atomic mass is 9.97. The topological polar surface area (TPSA) is 49.8 Å². The highest BCUT2D eigenvalue weighted by atomic mass is 16.6. The monoisotopic (exact) mass is 227 g/mol. The minimum atomic E-state index is -0.642. The van der Waals surface area contributed by atoms with Crippen LogP contribution in [-0.2, 0) is 4.74 Å². The van der Waals surface area contributed by atoms with Crippen molar-refractivity contribution in [3.05, 3.63) is 0 Å². The Bertz CT molecular complexity index is 293. The number of rotatable bonds is 1. The minimum Gasteiger partial charge on any atom is -0.444 e. The maximum Gasteiger partial charge on any atom is 0.410 e.